The monoisotopic (exact) mass is 124 g/mol. The van der Waals surface area contributed by atoms with Crippen molar-refractivity contribution in [3.05, 3.63) is 24.8 Å². The quantitative estimate of drug-likeness (QED) is 0.485. The molecule has 1 nitrogen and oxygen atoms in total. The number of ether oxygens (including phenoxy) is 1. The summed E-state index contributed by atoms with van der Waals surface area (Å²) < 4.78 is 5.41. The second-order valence-corrected chi connectivity index (χ2v) is 2.41. The molecule has 1 heterocycles. The molecule has 0 bridgehead atoms. The van der Waals surface area contributed by atoms with Crippen molar-refractivity contribution in [1.29, 1.82) is 0 Å². The van der Waals surface area contributed by atoms with Gasteiger partial charge in [-0.1, -0.05) is 12.7 Å². The van der Waals surface area contributed by atoms with Gasteiger partial charge in [-0.25, -0.2) is 0 Å². The molecular weight excluding hydrogens is 112 g/mol. The first-order chi connectivity index (χ1) is 4.24. The smallest absolute Gasteiger partial charge is 0.0799 e. The Morgan fingerprint density at radius 2 is 2.44 bits per heavy atom. The lowest BCUT2D eigenvalue weighted by atomic mass is 10.1. The zero-order valence-electron chi connectivity index (χ0n) is 5.76. The molecule has 1 aliphatic heterocycles. The van der Waals surface area contributed by atoms with E-state index in [0.717, 1.165) is 6.42 Å². The van der Waals surface area contributed by atoms with E-state index in [1.165, 1.54) is 5.57 Å². The van der Waals surface area contributed by atoms with Crippen LogP contribution in [0.5, 0.6) is 0 Å². The molecule has 0 aliphatic carbocycles. The minimum Gasteiger partial charge on any atom is -0.367 e. The standard InChI is InChI=1S/C8H12O/c1-4-8-5-6(2)7(3)9-8/h4,7-8H,1-2,5H2,3H3/t7-,8?/m0/s1. The molecule has 0 N–H and O–H groups in total. The maximum atomic E-state index is 5.41. The molecule has 1 aliphatic rings. The predicted octanol–water partition coefficient (Wildman–Crippen LogP) is 1.91. The highest BCUT2D eigenvalue weighted by Gasteiger charge is 2.21. The second kappa shape index (κ2) is 2.36. The van der Waals surface area contributed by atoms with Crippen molar-refractivity contribution in [2.75, 3.05) is 0 Å². The molecule has 9 heavy (non-hydrogen) atoms. The molecule has 0 aromatic heterocycles. The summed E-state index contributed by atoms with van der Waals surface area (Å²) in [6, 6.07) is 0. The van der Waals surface area contributed by atoms with E-state index in [1.807, 2.05) is 13.0 Å². The number of rotatable bonds is 1. The molecule has 0 radical (unpaired) electrons. The van der Waals surface area contributed by atoms with Gasteiger partial charge in [0.1, 0.15) is 0 Å². The zero-order valence-corrected chi connectivity index (χ0v) is 5.76. The topological polar surface area (TPSA) is 9.23 Å². The summed E-state index contributed by atoms with van der Waals surface area (Å²) >= 11 is 0. The lowest BCUT2D eigenvalue weighted by molar-refractivity contribution is 0.0921. The Bertz CT molecular complexity index is 138. The van der Waals surface area contributed by atoms with Crippen LogP contribution < -0.4 is 0 Å². The van der Waals surface area contributed by atoms with Crippen molar-refractivity contribution in [3.8, 4) is 0 Å². The summed E-state index contributed by atoms with van der Waals surface area (Å²) in [7, 11) is 0. The van der Waals surface area contributed by atoms with Gasteiger partial charge in [-0.15, -0.1) is 6.58 Å². The van der Waals surface area contributed by atoms with Crippen LogP contribution in [-0.2, 0) is 4.74 Å². The minimum atomic E-state index is 0.215. The van der Waals surface area contributed by atoms with Crippen molar-refractivity contribution in [2.45, 2.75) is 25.6 Å². The highest BCUT2D eigenvalue weighted by molar-refractivity contribution is 5.10. The molecule has 0 saturated carbocycles. The van der Waals surface area contributed by atoms with Gasteiger partial charge in [-0.2, -0.15) is 0 Å². The van der Waals surface area contributed by atoms with Gasteiger partial charge < -0.3 is 4.74 Å². The van der Waals surface area contributed by atoms with E-state index in [2.05, 4.69) is 13.2 Å². The van der Waals surface area contributed by atoms with Gasteiger partial charge in [0.15, 0.2) is 0 Å². The van der Waals surface area contributed by atoms with Crippen LogP contribution in [0.1, 0.15) is 13.3 Å². The van der Waals surface area contributed by atoms with E-state index in [-0.39, 0.29) is 12.2 Å². The first-order valence-corrected chi connectivity index (χ1v) is 3.19. The maximum Gasteiger partial charge on any atom is 0.0799 e. The van der Waals surface area contributed by atoms with E-state index in [1.54, 1.807) is 0 Å². The van der Waals surface area contributed by atoms with Crippen LogP contribution in [0.15, 0.2) is 24.8 Å². The average molecular weight is 124 g/mol. The SMILES string of the molecule is C=CC1CC(=C)[C@H](C)O1. The fraction of sp³-hybridized carbons (Fsp3) is 0.500. The fourth-order valence-electron chi connectivity index (χ4n) is 0.970. The molecule has 1 heteroatoms. The van der Waals surface area contributed by atoms with E-state index < -0.39 is 0 Å². The zero-order chi connectivity index (χ0) is 6.85. The van der Waals surface area contributed by atoms with Crippen molar-refractivity contribution < 1.29 is 4.74 Å². The Balaban J connectivity index is 2.53. The Morgan fingerprint density at radius 3 is 2.67 bits per heavy atom. The Hall–Kier alpha value is -0.560. The summed E-state index contributed by atoms with van der Waals surface area (Å²) in [6.45, 7) is 9.53. The first-order valence-electron chi connectivity index (χ1n) is 3.19. The van der Waals surface area contributed by atoms with Crippen LogP contribution in [0.3, 0.4) is 0 Å². The molecule has 1 rings (SSSR count). The van der Waals surface area contributed by atoms with Crippen LogP contribution in [0.25, 0.3) is 0 Å². The van der Waals surface area contributed by atoms with E-state index in [0.29, 0.717) is 0 Å². The molecule has 2 atom stereocenters. The Kier molecular flexibility index (Phi) is 1.72. The third kappa shape index (κ3) is 1.22. The molecule has 1 saturated heterocycles. The Labute approximate surface area is 56.0 Å². The predicted molar refractivity (Wildman–Crippen MR) is 38.3 cm³/mol. The Morgan fingerprint density at radius 1 is 1.78 bits per heavy atom. The van der Waals surface area contributed by atoms with Crippen molar-refractivity contribution in [2.24, 2.45) is 0 Å². The van der Waals surface area contributed by atoms with Crippen LogP contribution in [0.2, 0.25) is 0 Å². The van der Waals surface area contributed by atoms with E-state index in [4.69, 9.17) is 4.74 Å². The summed E-state index contributed by atoms with van der Waals surface area (Å²) in [5, 5.41) is 0. The van der Waals surface area contributed by atoms with Gasteiger partial charge in [-0.05, 0) is 12.5 Å². The molecule has 0 spiro atoms. The largest absolute Gasteiger partial charge is 0.367 e. The highest BCUT2D eigenvalue weighted by Crippen LogP contribution is 2.23. The van der Waals surface area contributed by atoms with Crippen LogP contribution in [-0.4, -0.2) is 12.2 Å². The molecule has 0 amide bonds. The van der Waals surface area contributed by atoms with Gasteiger partial charge in [0.25, 0.3) is 0 Å². The van der Waals surface area contributed by atoms with Gasteiger partial charge in [-0.3, -0.25) is 0 Å². The van der Waals surface area contributed by atoms with Crippen molar-refractivity contribution in [3.63, 3.8) is 0 Å². The van der Waals surface area contributed by atoms with Crippen LogP contribution >= 0.6 is 0 Å². The van der Waals surface area contributed by atoms with Crippen molar-refractivity contribution in [1.82, 2.24) is 0 Å². The highest BCUT2D eigenvalue weighted by atomic mass is 16.5. The third-order valence-corrected chi connectivity index (χ3v) is 1.68. The molecule has 0 aromatic rings. The van der Waals surface area contributed by atoms with Crippen LogP contribution in [0.4, 0.5) is 0 Å². The number of hydrogen-bond acceptors (Lipinski definition) is 1. The summed E-state index contributed by atoms with van der Waals surface area (Å²) in [4.78, 5) is 0. The van der Waals surface area contributed by atoms with Gasteiger partial charge >= 0.3 is 0 Å². The lowest BCUT2D eigenvalue weighted by Crippen LogP contribution is -2.03. The first kappa shape index (κ1) is 6.56. The van der Waals surface area contributed by atoms with E-state index in [9.17, 15) is 0 Å². The van der Waals surface area contributed by atoms with Gasteiger partial charge in [0.05, 0.1) is 12.2 Å². The maximum absolute atomic E-state index is 5.41. The van der Waals surface area contributed by atoms with Crippen LogP contribution in [0, 0.1) is 0 Å². The van der Waals surface area contributed by atoms with Crippen molar-refractivity contribution >= 4 is 0 Å². The fourth-order valence-corrected chi connectivity index (χ4v) is 0.970. The van der Waals surface area contributed by atoms with E-state index >= 15 is 0 Å². The normalized spacial score (nSPS) is 35.0. The molecule has 1 fully saturated rings. The minimum absolute atomic E-state index is 0.215. The molecule has 50 valence electrons. The number of hydrogen-bond donors (Lipinski definition) is 0. The average Bonchev–Trinajstić information content (AvgIpc) is 2.13. The lowest BCUT2D eigenvalue weighted by Gasteiger charge is -2.02. The van der Waals surface area contributed by atoms with Gasteiger partial charge in [0, 0.05) is 6.42 Å². The molecule has 1 unspecified atom stereocenters. The molecule has 0 aromatic carbocycles. The third-order valence-electron chi connectivity index (χ3n) is 1.68. The second-order valence-electron chi connectivity index (χ2n) is 2.41. The molecular formula is C8H12O. The summed E-state index contributed by atoms with van der Waals surface area (Å²) in [6.07, 6.45) is 3.22. The summed E-state index contributed by atoms with van der Waals surface area (Å²) in [5.41, 5.74) is 1.18. The van der Waals surface area contributed by atoms with Gasteiger partial charge in [0.2, 0.25) is 0 Å². The summed E-state index contributed by atoms with van der Waals surface area (Å²) in [5.74, 6) is 0.